The number of nitrogens with two attached hydrogens (primary N) is 1. The summed E-state index contributed by atoms with van der Waals surface area (Å²) in [4.78, 5) is 11.9. The normalized spacial score (nSPS) is 11.7. The molecule has 3 aromatic rings. The van der Waals surface area contributed by atoms with Crippen LogP contribution in [-0.2, 0) is 12.4 Å². The number of carbonyl (C=O) groups is 1. The second-order valence-electron chi connectivity index (χ2n) is 5.86. The number of aryl methyl sites for hydroxylation is 1. The average molecular weight is 416 g/mol. The minimum atomic E-state index is -3.98. The zero-order valence-electron chi connectivity index (χ0n) is 14.1. The molecule has 0 bridgehead atoms. The molecule has 1 aromatic heterocycles. The van der Waals surface area contributed by atoms with Crippen LogP contribution < -0.4 is 5.73 Å². The molecule has 4 nitrogen and oxygen atoms in total. The zero-order valence-corrected chi connectivity index (χ0v) is 14.9. The van der Waals surface area contributed by atoms with E-state index >= 15 is 0 Å². The highest BCUT2D eigenvalue weighted by Gasteiger charge is 2.39. The van der Waals surface area contributed by atoms with Gasteiger partial charge in [0, 0.05) is 12.6 Å². The highest BCUT2D eigenvalue weighted by molar-refractivity contribution is 6.22. The van der Waals surface area contributed by atoms with Crippen molar-refractivity contribution < 1.29 is 26.7 Å². The van der Waals surface area contributed by atoms with Crippen LogP contribution in [-0.4, -0.2) is 15.7 Å². The molecule has 0 aliphatic rings. The summed E-state index contributed by atoms with van der Waals surface area (Å²) in [6, 6.07) is 7.33. The molecule has 0 saturated heterocycles. The van der Waals surface area contributed by atoms with Gasteiger partial charge in [0.05, 0.1) is 11.3 Å². The third-order valence-electron chi connectivity index (χ3n) is 4.04. The SMILES string of the molecule is Cn1nc(C(F)(F)Cl)c(C(N)=O)c1-c1ccccc1-c1cc(F)c(F)c(F)c1. The first-order valence-electron chi connectivity index (χ1n) is 7.70. The van der Waals surface area contributed by atoms with Gasteiger partial charge >= 0.3 is 5.38 Å². The molecule has 0 radical (unpaired) electrons. The van der Waals surface area contributed by atoms with Gasteiger partial charge in [0.25, 0.3) is 5.91 Å². The van der Waals surface area contributed by atoms with E-state index in [4.69, 9.17) is 17.3 Å². The molecular formula is C18H11ClF5N3O. The number of carbonyl (C=O) groups excluding carboxylic acids is 1. The van der Waals surface area contributed by atoms with E-state index in [0.717, 1.165) is 16.8 Å². The summed E-state index contributed by atoms with van der Waals surface area (Å²) < 4.78 is 69.0. The van der Waals surface area contributed by atoms with E-state index in [0.29, 0.717) is 0 Å². The van der Waals surface area contributed by atoms with Gasteiger partial charge in [0.15, 0.2) is 23.1 Å². The lowest BCUT2D eigenvalue weighted by atomic mass is 9.94. The van der Waals surface area contributed by atoms with E-state index in [1.54, 1.807) is 0 Å². The molecule has 0 aliphatic heterocycles. The maximum Gasteiger partial charge on any atom is 0.367 e. The molecule has 2 N–H and O–H groups in total. The Morgan fingerprint density at radius 2 is 1.64 bits per heavy atom. The fraction of sp³-hybridized carbons (Fsp3) is 0.111. The molecule has 0 saturated carbocycles. The van der Waals surface area contributed by atoms with Gasteiger partial charge in [0.1, 0.15) is 0 Å². The number of halogens is 6. The standard InChI is InChI=1S/C18H11ClF5N3O/c1-27-15(13(17(25)28)16(26-27)18(19,23)24)10-5-3-2-4-9(10)8-6-11(20)14(22)12(21)7-8/h2-7H,1H3,(H2,25,28). The Kier molecular flexibility index (Phi) is 4.88. The van der Waals surface area contributed by atoms with Crippen molar-refractivity contribution in [3.05, 3.63) is 65.1 Å². The van der Waals surface area contributed by atoms with E-state index in [1.807, 2.05) is 0 Å². The minimum Gasteiger partial charge on any atom is -0.365 e. The molecule has 10 heteroatoms. The molecule has 2 aromatic carbocycles. The Hall–Kier alpha value is -2.94. The number of alkyl halides is 3. The van der Waals surface area contributed by atoms with Gasteiger partial charge in [-0.3, -0.25) is 9.48 Å². The Balaban J connectivity index is 2.34. The zero-order chi connectivity index (χ0) is 20.8. The van der Waals surface area contributed by atoms with Crippen molar-refractivity contribution in [2.45, 2.75) is 5.38 Å². The Morgan fingerprint density at radius 1 is 1.11 bits per heavy atom. The molecule has 0 spiro atoms. The summed E-state index contributed by atoms with van der Waals surface area (Å²) in [6.07, 6.45) is 0. The lowest BCUT2D eigenvalue weighted by Crippen LogP contribution is -2.18. The monoisotopic (exact) mass is 415 g/mol. The molecule has 0 aliphatic carbocycles. The van der Waals surface area contributed by atoms with Crippen LogP contribution in [0.3, 0.4) is 0 Å². The molecule has 0 atom stereocenters. The lowest BCUT2D eigenvalue weighted by molar-refractivity contribution is 0.0844. The first-order valence-corrected chi connectivity index (χ1v) is 8.08. The van der Waals surface area contributed by atoms with Crippen LogP contribution in [0.1, 0.15) is 16.1 Å². The Morgan fingerprint density at radius 3 is 2.14 bits per heavy atom. The van der Waals surface area contributed by atoms with Crippen molar-refractivity contribution in [3.8, 4) is 22.4 Å². The van der Waals surface area contributed by atoms with Crippen LogP contribution in [0.5, 0.6) is 0 Å². The third kappa shape index (κ3) is 3.33. The molecule has 28 heavy (non-hydrogen) atoms. The number of rotatable bonds is 4. The number of hydrogen-bond acceptors (Lipinski definition) is 2. The highest BCUT2D eigenvalue weighted by Crippen LogP contribution is 2.40. The molecule has 3 rings (SSSR count). The first-order chi connectivity index (χ1) is 13.0. The van der Waals surface area contributed by atoms with Crippen LogP contribution in [0.25, 0.3) is 22.4 Å². The van der Waals surface area contributed by atoms with E-state index in [9.17, 15) is 26.7 Å². The predicted molar refractivity (Wildman–Crippen MR) is 92.2 cm³/mol. The van der Waals surface area contributed by atoms with Crippen molar-refractivity contribution in [1.82, 2.24) is 9.78 Å². The maximum absolute atomic E-state index is 13.7. The van der Waals surface area contributed by atoms with Crippen LogP contribution in [0.4, 0.5) is 22.0 Å². The second kappa shape index (κ2) is 6.90. The number of hydrogen-bond donors (Lipinski definition) is 1. The van der Waals surface area contributed by atoms with Gasteiger partial charge in [0.2, 0.25) is 0 Å². The summed E-state index contributed by atoms with van der Waals surface area (Å²) in [6.45, 7) is 0. The van der Waals surface area contributed by atoms with Crippen LogP contribution in [0.15, 0.2) is 36.4 Å². The number of amides is 1. The van der Waals surface area contributed by atoms with Crippen molar-refractivity contribution >= 4 is 17.5 Å². The quantitative estimate of drug-likeness (QED) is 0.386. The lowest BCUT2D eigenvalue weighted by Gasteiger charge is -2.12. The molecular weight excluding hydrogens is 405 g/mol. The fourth-order valence-corrected chi connectivity index (χ4v) is 3.05. The molecule has 146 valence electrons. The van der Waals surface area contributed by atoms with Crippen molar-refractivity contribution in [3.63, 3.8) is 0 Å². The van der Waals surface area contributed by atoms with E-state index in [2.05, 4.69) is 5.10 Å². The first kappa shape index (κ1) is 19.8. The number of aromatic nitrogens is 2. The van der Waals surface area contributed by atoms with Crippen molar-refractivity contribution in [1.29, 1.82) is 0 Å². The second-order valence-corrected chi connectivity index (χ2v) is 6.33. The van der Waals surface area contributed by atoms with Gasteiger partial charge < -0.3 is 5.73 Å². The van der Waals surface area contributed by atoms with Crippen LogP contribution >= 0.6 is 11.6 Å². The molecule has 1 amide bonds. The number of primary amides is 1. The Bertz CT molecular complexity index is 1070. The summed E-state index contributed by atoms with van der Waals surface area (Å²) in [5, 5.41) is -0.394. The van der Waals surface area contributed by atoms with Crippen LogP contribution in [0.2, 0.25) is 0 Å². The summed E-state index contributed by atoms with van der Waals surface area (Å²) in [5.41, 5.74) is 3.61. The molecule has 0 fully saturated rings. The molecule has 0 unspecified atom stereocenters. The smallest absolute Gasteiger partial charge is 0.365 e. The van der Waals surface area contributed by atoms with Gasteiger partial charge in [-0.25, -0.2) is 13.2 Å². The summed E-state index contributed by atoms with van der Waals surface area (Å²) in [5.74, 6) is -5.73. The fourth-order valence-electron chi connectivity index (χ4n) is 2.92. The number of benzene rings is 2. The van der Waals surface area contributed by atoms with Crippen molar-refractivity contribution in [2.24, 2.45) is 12.8 Å². The van der Waals surface area contributed by atoms with Gasteiger partial charge in [-0.1, -0.05) is 24.3 Å². The maximum atomic E-state index is 13.7. The summed E-state index contributed by atoms with van der Waals surface area (Å²) >= 11 is 5.04. The Labute approximate surface area is 160 Å². The minimum absolute atomic E-state index is 0.0807. The van der Waals surface area contributed by atoms with Gasteiger partial charge in [-0.2, -0.15) is 13.9 Å². The highest BCUT2D eigenvalue weighted by atomic mass is 35.5. The third-order valence-corrected chi connectivity index (χ3v) is 4.22. The van der Waals surface area contributed by atoms with Crippen LogP contribution in [0, 0.1) is 17.5 Å². The molecule has 1 heterocycles. The predicted octanol–water partition coefficient (Wildman–Crippen LogP) is 4.56. The topological polar surface area (TPSA) is 60.9 Å². The van der Waals surface area contributed by atoms with Crippen molar-refractivity contribution in [2.75, 3.05) is 0 Å². The largest absolute Gasteiger partial charge is 0.367 e. The van der Waals surface area contributed by atoms with E-state index in [1.165, 1.54) is 31.3 Å². The van der Waals surface area contributed by atoms with Gasteiger partial charge in [-0.05, 0) is 34.9 Å². The number of nitrogens with zero attached hydrogens (tertiary/aromatic N) is 2. The van der Waals surface area contributed by atoms with Gasteiger partial charge in [-0.15, -0.1) is 0 Å². The van der Waals surface area contributed by atoms with E-state index < -0.39 is 40.0 Å². The average Bonchev–Trinajstić information content (AvgIpc) is 2.97. The summed E-state index contributed by atoms with van der Waals surface area (Å²) in [7, 11) is 1.27. The van der Waals surface area contributed by atoms with E-state index in [-0.39, 0.29) is 22.4 Å².